The fourth-order valence-electron chi connectivity index (χ4n) is 2.44. The fourth-order valence-corrected chi connectivity index (χ4v) is 2.44. The first-order valence-electron chi connectivity index (χ1n) is 8.00. The Hall–Kier alpha value is -4.01. The molecular weight excluding hydrogens is 350 g/mol. The lowest BCUT2D eigenvalue weighted by Crippen LogP contribution is -2.21. The number of hydrogen-bond acceptors (Lipinski definition) is 7. The minimum atomic E-state index is -0.710. The molecule has 2 aromatic heterocycles. The number of nitrogens with one attached hydrogen (secondary N) is 2. The first-order valence-corrected chi connectivity index (χ1v) is 8.00. The average Bonchev–Trinajstić information content (AvgIpc) is 3.34. The van der Waals surface area contributed by atoms with Gasteiger partial charge in [0.25, 0.3) is 5.91 Å². The summed E-state index contributed by atoms with van der Waals surface area (Å²) in [6, 6.07) is 16.2. The molecule has 0 spiro atoms. The van der Waals surface area contributed by atoms with Gasteiger partial charge >= 0.3 is 12.0 Å². The summed E-state index contributed by atoms with van der Waals surface area (Å²) in [6.07, 6.45) is 0. The van der Waals surface area contributed by atoms with Crippen LogP contribution in [0, 0.1) is 0 Å². The Morgan fingerprint density at radius 2 is 1.81 bits per heavy atom. The van der Waals surface area contributed by atoms with Gasteiger partial charge < -0.3 is 9.15 Å². The van der Waals surface area contributed by atoms with Gasteiger partial charge in [-0.25, -0.2) is 4.79 Å². The third-order valence-electron chi connectivity index (χ3n) is 3.69. The molecule has 0 aliphatic rings. The predicted molar refractivity (Wildman–Crippen MR) is 94.7 cm³/mol. The number of aromatic nitrogens is 4. The molecule has 2 N–H and O–H groups in total. The molecule has 2 aromatic carbocycles. The fraction of sp³-hybridized carbons (Fsp3) is 0.0556. The maximum absolute atomic E-state index is 12.1. The summed E-state index contributed by atoms with van der Waals surface area (Å²) in [5.74, 6) is -1.05. The molecule has 0 aliphatic carbocycles. The molecule has 27 heavy (non-hydrogen) atoms. The van der Waals surface area contributed by atoms with Gasteiger partial charge in [0.15, 0.2) is 12.3 Å². The number of nitrogens with zero attached hydrogens (tertiary/aromatic N) is 3. The van der Waals surface area contributed by atoms with Crippen LogP contribution in [0.5, 0.6) is 0 Å². The van der Waals surface area contributed by atoms with Crippen LogP contribution in [0.3, 0.4) is 0 Å². The number of rotatable bonds is 5. The normalized spacial score (nSPS) is 10.7. The number of benzene rings is 2. The molecular formula is C18H13N5O4. The molecule has 4 rings (SSSR count). The Balaban J connectivity index is 1.36. The van der Waals surface area contributed by atoms with E-state index in [1.165, 1.54) is 0 Å². The SMILES string of the molecule is O=C(COC(=O)c1n[nH]c2ccccc12)Nc1nnc(-c2ccccc2)o1. The van der Waals surface area contributed by atoms with Gasteiger partial charge in [0.05, 0.1) is 5.52 Å². The number of para-hydroxylation sites is 1. The van der Waals surface area contributed by atoms with E-state index in [0.717, 1.165) is 5.56 Å². The van der Waals surface area contributed by atoms with Crippen molar-refractivity contribution in [2.75, 3.05) is 11.9 Å². The molecule has 0 fully saturated rings. The monoisotopic (exact) mass is 363 g/mol. The van der Waals surface area contributed by atoms with Crippen LogP contribution < -0.4 is 5.32 Å². The number of carbonyl (C=O) groups is 2. The Labute approximate surface area is 152 Å². The van der Waals surface area contributed by atoms with Gasteiger partial charge in [-0.1, -0.05) is 41.5 Å². The lowest BCUT2D eigenvalue weighted by atomic mass is 10.2. The minimum absolute atomic E-state index is 0.0832. The molecule has 0 unspecified atom stereocenters. The Bertz CT molecular complexity index is 1100. The third-order valence-corrected chi connectivity index (χ3v) is 3.69. The Morgan fingerprint density at radius 1 is 1.04 bits per heavy atom. The van der Waals surface area contributed by atoms with Crippen LogP contribution in [0.1, 0.15) is 10.5 Å². The number of amides is 1. The van der Waals surface area contributed by atoms with E-state index < -0.39 is 18.5 Å². The van der Waals surface area contributed by atoms with E-state index in [1.807, 2.05) is 24.3 Å². The molecule has 0 radical (unpaired) electrons. The Morgan fingerprint density at radius 3 is 2.67 bits per heavy atom. The summed E-state index contributed by atoms with van der Waals surface area (Å²) < 4.78 is 10.4. The van der Waals surface area contributed by atoms with Crippen LogP contribution in [-0.4, -0.2) is 38.9 Å². The summed E-state index contributed by atoms with van der Waals surface area (Å²) in [6.45, 7) is -0.511. The van der Waals surface area contributed by atoms with Gasteiger partial charge in [0.1, 0.15) is 0 Å². The lowest BCUT2D eigenvalue weighted by Gasteiger charge is -2.02. The van der Waals surface area contributed by atoms with Crippen molar-refractivity contribution < 1.29 is 18.7 Å². The molecule has 1 amide bonds. The van der Waals surface area contributed by atoms with Crippen molar-refractivity contribution in [3.05, 3.63) is 60.3 Å². The molecule has 0 atom stereocenters. The van der Waals surface area contributed by atoms with Gasteiger partial charge in [-0.3, -0.25) is 15.2 Å². The van der Waals surface area contributed by atoms with E-state index in [1.54, 1.807) is 30.3 Å². The van der Waals surface area contributed by atoms with E-state index in [-0.39, 0.29) is 17.6 Å². The first-order chi connectivity index (χ1) is 13.2. The summed E-state index contributed by atoms with van der Waals surface area (Å²) >= 11 is 0. The second-order valence-corrected chi connectivity index (χ2v) is 5.52. The topological polar surface area (TPSA) is 123 Å². The summed E-state index contributed by atoms with van der Waals surface area (Å²) in [5.41, 5.74) is 1.54. The summed E-state index contributed by atoms with van der Waals surface area (Å²) in [7, 11) is 0. The predicted octanol–water partition coefficient (Wildman–Crippen LogP) is 2.41. The van der Waals surface area contributed by atoms with Crippen LogP contribution in [0.25, 0.3) is 22.4 Å². The molecule has 9 nitrogen and oxygen atoms in total. The number of fused-ring (bicyclic) bond motifs is 1. The van der Waals surface area contributed by atoms with Crippen molar-refractivity contribution in [3.63, 3.8) is 0 Å². The largest absolute Gasteiger partial charge is 0.451 e. The van der Waals surface area contributed by atoms with E-state index >= 15 is 0 Å². The highest BCUT2D eigenvalue weighted by molar-refractivity contribution is 6.02. The van der Waals surface area contributed by atoms with Crippen LogP contribution in [0.15, 0.2) is 59.0 Å². The van der Waals surface area contributed by atoms with Crippen LogP contribution in [-0.2, 0) is 9.53 Å². The second-order valence-electron chi connectivity index (χ2n) is 5.52. The number of anilines is 1. The third kappa shape index (κ3) is 3.52. The zero-order valence-electron chi connectivity index (χ0n) is 13.9. The van der Waals surface area contributed by atoms with Gasteiger partial charge in [0, 0.05) is 10.9 Å². The van der Waals surface area contributed by atoms with Crippen molar-refractivity contribution in [2.45, 2.75) is 0 Å². The molecule has 0 bridgehead atoms. The number of ether oxygens (including phenoxy) is 1. The highest BCUT2D eigenvalue weighted by Crippen LogP contribution is 2.19. The van der Waals surface area contributed by atoms with E-state index in [2.05, 4.69) is 25.7 Å². The molecule has 0 saturated carbocycles. The highest BCUT2D eigenvalue weighted by Gasteiger charge is 2.18. The van der Waals surface area contributed by atoms with E-state index in [4.69, 9.17) is 9.15 Å². The van der Waals surface area contributed by atoms with Crippen molar-refractivity contribution >= 4 is 28.8 Å². The average molecular weight is 363 g/mol. The number of hydrogen-bond donors (Lipinski definition) is 2. The van der Waals surface area contributed by atoms with Crippen molar-refractivity contribution in [1.82, 2.24) is 20.4 Å². The molecule has 4 aromatic rings. The van der Waals surface area contributed by atoms with Crippen molar-refractivity contribution in [1.29, 1.82) is 0 Å². The number of H-pyrrole nitrogens is 1. The summed E-state index contributed by atoms with van der Waals surface area (Å²) in [4.78, 5) is 24.1. The maximum Gasteiger partial charge on any atom is 0.359 e. The van der Waals surface area contributed by atoms with Gasteiger partial charge in [0.2, 0.25) is 5.89 Å². The Kier molecular flexibility index (Phi) is 4.32. The van der Waals surface area contributed by atoms with E-state index in [0.29, 0.717) is 10.9 Å². The molecule has 134 valence electrons. The lowest BCUT2D eigenvalue weighted by molar-refractivity contribution is -0.119. The smallest absolute Gasteiger partial charge is 0.359 e. The van der Waals surface area contributed by atoms with Gasteiger partial charge in [-0.05, 0) is 18.2 Å². The number of carbonyl (C=O) groups excluding carboxylic acids is 2. The standard InChI is InChI=1S/C18H13N5O4/c24-14(19-18-23-22-16(27-18)11-6-2-1-3-7-11)10-26-17(25)15-12-8-4-5-9-13(12)20-21-15/h1-9H,10H2,(H,20,21)(H,19,23,24). The molecule has 0 saturated heterocycles. The zero-order chi connectivity index (χ0) is 18.6. The number of aromatic amines is 1. The van der Waals surface area contributed by atoms with Crippen LogP contribution >= 0.6 is 0 Å². The quantitative estimate of drug-likeness (QED) is 0.522. The first kappa shape index (κ1) is 16.5. The zero-order valence-corrected chi connectivity index (χ0v) is 13.9. The van der Waals surface area contributed by atoms with Crippen molar-refractivity contribution in [2.24, 2.45) is 0 Å². The van der Waals surface area contributed by atoms with Crippen LogP contribution in [0.4, 0.5) is 6.01 Å². The maximum atomic E-state index is 12.1. The molecule has 9 heteroatoms. The highest BCUT2D eigenvalue weighted by atomic mass is 16.5. The van der Waals surface area contributed by atoms with Crippen LogP contribution in [0.2, 0.25) is 0 Å². The minimum Gasteiger partial charge on any atom is -0.451 e. The number of esters is 1. The van der Waals surface area contributed by atoms with Gasteiger partial charge in [-0.15, -0.1) is 5.10 Å². The van der Waals surface area contributed by atoms with E-state index in [9.17, 15) is 9.59 Å². The summed E-state index contributed by atoms with van der Waals surface area (Å²) in [5, 5.41) is 17.3. The molecule has 0 aliphatic heterocycles. The van der Waals surface area contributed by atoms with Gasteiger partial charge in [-0.2, -0.15) is 5.10 Å². The van der Waals surface area contributed by atoms with Crippen molar-refractivity contribution in [3.8, 4) is 11.5 Å². The molecule has 2 heterocycles. The second kappa shape index (κ2) is 7.08.